The lowest BCUT2D eigenvalue weighted by molar-refractivity contribution is 0.240. The van der Waals surface area contributed by atoms with E-state index in [1.165, 1.54) is 12.1 Å². The molecule has 0 bridgehead atoms. The molecule has 14 heavy (non-hydrogen) atoms. The number of nitrogen functional groups attached to an aromatic ring is 1. The predicted octanol–water partition coefficient (Wildman–Crippen LogP) is 1.65. The molecule has 0 saturated heterocycles. The highest BCUT2D eigenvalue weighted by Crippen LogP contribution is 2.25. The average molecular weight is 198 g/mol. The van der Waals surface area contributed by atoms with E-state index in [4.69, 9.17) is 16.2 Å². The molecule has 78 valence electrons. The van der Waals surface area contributed by atoms with Crippen molar-refractivity contribution in [1.82, 2.24) is 0 Å². The minimum atomic E-state index is -0.457. The SMILES string of the molecule is CC(C)Oc1cc(N)c(F)cc1CN. The summed E-state index contributed by atoms with van der Waals surface area (Å²) in [6.45, 7) is 4.01. The Hall–Kier alpha value is -1.29. The lowest BCUT2D eigenvalue weighted by atomic mass is 10.1. The third kappa shape index (κ3) is 2.35. The van der Waals surface area contributed by atoms with Gasteiger partial charge in [-0.05, 0) is 19.9 Å². The van der Waals surface area contributed by atoms with Crippen molar-refractivity contribution in [2.24, 2.45) is 5.73 Å². The van der Waals surface area contributed by atoms with Gasteiger partial charge >= 0.3 is 0 Å². The summed E-state index contributed by atoms with van der Waals surface area (Å²) in [6.07, 6.45) is 0.0187. The Morgan fingerprint density at radius 1 is 1.43 bits per heavy atom. The minimum absolute atomic E-state index is 0.0187. The molecular weight excluding hydrogens is 183 g/mol. The molecule has 3 nitrogen and oxygen atoms in total. The zero-order valence-corrected chi connectivity index (χ0v) is 8.38. The van der Waals surface area contributed by atoms with Crippen LogP contribution in [-0.4, -0.2) is 6.10 Å². The van der Waals surface area contributed by atoms with Crippen LogP contribution in [0.1, 0.15) is 19.4 Å². The van der Waals surface area contributed by atoms with Gasteiger partial charge in [0.05, 0.1) is 11.8 Å². The second-order valence-electron chi connectivity index (χ2n) is 3.35. The summed E-state index contributed by atoms with van der Waals surface area (Å²) in [4.78, 5) is 0. The molecule has 0 radical (unpaired) electrons. The molecule has 0 atom stereocenters. The normalized spacial score (nSPS) is 10.6. The van der Waals surface area contributed by atoms with Gasteiger partial charge in [-0.25, -0.2) is 4.39 Å². The third-order valence-electron chi connectivity index (χ3n) is 1.76. The second kappa shape index (κ2) is 4.28. The summed E-state index contributed by atoms with van der Waals surface area (Å²) in [7, 11) is 0. The fourth-order valence-corrected chi connectivity index (χ4v) is 1.13. The Morgan fingerprint density at radius 3 is 2.57 bits per heavy atom. The molecule has 1 aromatic carbocycles. The van der Waals surface area contributed by atoms with Crippen molar-refractivity contribution >= 4 is 5.69 Å². The minimum Gasteiger partial charge on any atom is -0.491 e. The van der Waals surface area contributed by atoms with Crippen LogP contribution in [0.3, 0.4) is 0 Å². The van der Waals surface area contributed by atoms with Gasteiger partial charge in [0, 0.05) is 18.2 Å². The van der Waals surface area contributed by atoms with Crippen LogP contribution in [0.5, 0.6) is 5.75 Å². The predicted molar refractivity (Wildman–Crippen MR) is 54.5 cm³/mol. The summed E-state index contributed by atoms with van der Waals surface area (Å²) >= 11 is 0. The Balaban J connectivity index is 3.07. The number of nitrogens with two attached hydrogens (primary N) is 2. The van der Waals surface area contributed by atoms with Gasteiger partial charge in [0.15, 0.2) is 0 Å². The third-order valence-corrected chi connectivity index (χ3v) is 1.76. The Morgan fingerprint density at radius 2 is 2.07 bits per heavy atom. The molecule has 0 aliphatic carbocycles. The molecule has 0 amide bonds. The summed E-state index contributed by atoms with van der Waals surface area (Å²) in [5, 5.41) is 0. The van der Waals surface area contributed by atoms with Crippen LogP contribution in [0.4, 0.5) is 10.1 Å². The number of halogens is 1. The highest BCUT2D eigenvalue weighted by atomic mass is 19.1. The maximum atomic E-state index is 13.0. The van der Waals surface area contributed by atoms with Gasteiger partial charge in [0.1, 0.15) is 11.6 Å². The van der Waals surface area contributed by atoms with Gasteiger partial charge < -0.3 is 16.2 Å². The van der Waals surface area contributed by atoms with Crippen molar-refractivity contribution in [3.63, 3.8) is 0 Å². The van der Waals surface area contributed by atoms with E-state index in [2.05, 4.69) is 0 Å². The van der Waals surface area contributed by atoms with Crippen LogP contribution in [0, 0.1) is 5.82 Å². The maximum absolute atomic E-state index is 13.0. The number of hydrogen-bond acceptors (Lipinski definition) is 3. The highest BCUT2D eigenvalue weighted by Gasteiger charge is 2.09. The van der Waals surface area contributed by atoms with Gasteiger partial charge in [-0.2, -0.15) is 0 Å². The monoisotopic (exact) mass is 198 g/mol. The van der Waals surface area contributed by atoms with E-state index < -0.39 is 5.82 Å². The first-order chi connectivity index (χ1) is 6.54. The zero-order valence-electron chi connectivity index (χ0n) is 8.38. The molecule has 0 unspecified atom stereocenters. The lowest BCUT2D eigenvalue weighted by Crippen LogP contribution is -2.10. The molecule has 0 heterocycles. The number of benzene rings is 1. The fourth-order valence-electron chi connectivity index (χ4n) is 1.13. The van der Waals surface area contributed by atoms with Crippen molar-refractivity contribution < 1.29 is 9.13 Å². The second-order valence-corrected chi connectivity index (χ2v) is 3.35. The standard InChI is InChI=1S/C10H15FN2O/c1-6(2)14-10-4-9(13)8(11)3-7(10)5-12/h3-4,6H,5,12-13H2,1-2H3. The molecule has 1 rings (SSSR count). The van der Waals surface area contributed by atoms with E-state index >= 15 is 0 Å². The Labute approximate surface area is 82.9 Å². The van der Waals surface area contributed by atoms with Crippen molar-refractivity contribution in [3.8, 4) is 5.75 Å². The van der Waals surface area contributed by atoms with Crippen molar-refractivity contribution in [2.45, 2.75) is 26.5 Å². The zero-order chi connectivity index (χ0) is 10.7. The first-order valence-electron chi connectivity index (χ1n) is 4.49. The largest absolute Gasteiger partial charge is 0.491 e. The molecule has 0 spiro atoms. The Kier molecular flexibility index (Phi) is 3.30. The molecule has 4 heteroatoms. The van der Waals surface area contributed by atoms with E-state index in [0.717, 1.165) is 0 Å². The van der Waals surface area contributed by atoms with Crippen LogP contribution in [0.25, 0.3) is 0 Å². The van der Waals surface area contributed by atoms with E-state index in [9.17, 15) is 4.39 Å². The van der Waals surface area contributed by atoms with Gasteiger partial charge in [-0.15, -0.1) is 0 Å². The van der Waals surface area contributed by atoms with E-state index in [0.29, 0.717) is 11.3 Å². The summed E-state index contributed by atoms with van der Waals surface area (Å²) in [6, 6.07) is 2.78. The van der Waals surface area contributed by atoms with Crippen LogP contribution in [0.2, 0.25) is 0 Å². The van der Waals surface area contributed by atoms with Crippen molar-refractivity contribution in [1.29, 1.82) is 0 Å². The van der Waals surface area contributed by atoms with Crippen molar-refractivity contribution in [3.05, 3.63) is 23.5 Å². The summed E-state index contributed by atoms with van der Waals surface area (Å²) in [5.74, 6) is 0.1000. The summed E-state index contributed by atoms with van der Waals surface area (Å²) < 4.78 is 18.5. The number of hydrogen-bond donors (Lipinski definition) is 2. The number of rotatable bonds is 3. The van der Waals surface area contributed by atoms with Crippen LogP contribution in [-0.2, 0) is 6.54 Å². The number of ether oxygens (including phenoxy) is 1. The van der Waals surface area contributed by atoms with E-state index in [-0.39, 0.29) is 18.3 Å². The smallest absolute Gasteiger partial charge is 0.146 e. The van der Waals surface area contributed by atoms with Crippen LogP contribution in [0.15, 0.2) is 12.1 Å². The molecule has 0 aromatic heterocycles. The fraction of sp³-hybridized carbons (Fsp3) is 0.400. The van der Waals surface area contributed by atoms with E-state index in [1.807, 2.05) is 13.8 Å². The van der Waals surface area contributed by atoms with Gasteiger partial charge in [0.25, 0.3) is 0 Å². The first-order valence-corrected chi connectivity index (χ1v) is 4.49. The summed E-state index contributed by atoms with van der Waals surface area (Å²) in [5.41, 5.74) is 11.6. The quantitative estimate of drug-likeness (QED) is 0.726. The molecule has 0 saturated carbocycles. The van der Waals surface area contributed by atoms with Crippen molar-refractivity contribution in [2.75, 3.05) is 5.73 Å². The highest BCUT2D eigenvalue weighted by molar-refractivity contribution is 5.49. The number of anilines is 1. The molecular formula is C10H15FN2O. The van der Waals surface area contributed by atoms with Crippen LogP contribution >= 0.6 is 0 Å². The average Bonchev–Trinajstić information content (AvgIpc) is 2.10. The molecule has 0 fully saturated rings. The molecule has 4 N–H and O–H groups in total. The molecule has 1 aromatic rings. The molecule has 0 aliphatic heterocycles. The Bertz CT molecular complexity index is 326. The van der Waals surface area contributed by atoms with E-state index in [1.54, 1.807) is 0 Å². The lowest BCUT2D eigenvalue weighted by Gasteiger charge is -2.14. The topological polar surface area (TPSA) is 61.3 Å². The molecule has 0 aliphatic rings. The maximum Gasteiger partial charge on any atom is 0.146 e. The van der Waals surface area contributed by atoms with Gasteiger partial charge in [0.2, 0.25) is 0 Å². The van der Waals surface area contributed by atoms with Gasteiger partial charge in [-0.1, -0.05) is 0 Å². The first kappa shape index (κ1) is 10.8. The van der Waals surface area contributed by atoms with Crippen LogP contribution < -0.4 is 16.2 Å². The van der Waals surface area contributed by atoms with Gasteiger partial charge in [-0.3, -0.25) is 0 Å².